The highest BCUT2D eigenvalue weighted by Crippen LogP contribution is 2.22. The first-order valence-electron chi connectivity index (χ1n) is 10.9. The predicted molar refractivity (Wildman–Crippen MR) is 118 cm³/mol. The highest BCUT2D eigenvalue weighted by Gasteiger charge is 2.48. The van der Waals surface area contributed by atoms with Crippen LogP contribution in [-0.4, -0.2) is 76.8 Å². The summed E-state index contributed by atoms with van der Waals surface area (Å²) in [6.45, 7) is 3.57. The Morgan fingerprint density at radius 3 is 2.45 bits per heavy atom. The van der Waals surface area contributed by atoms with Crippen LogP contribution in [0.25, 0.3) is 0 Å². The van der Waals surface area contributed by atoms with Gasteiger partial charge in [0.1, 0.15) is 5.54 Å². The largest absolute Gasteiger partial charge is 0.459 e. The van der Waals surface area contributed by atoms with Crippen LogP contribution in [0.5, 0.6) is 0 Å². The van der Waals surface area contributed by atoms with Gasteiger partial charge in [0.2, 0.25) is 0 Å². The van der Waals surface area contributed by atoms with Crippen molar-refractivity contribution in [2.45, 2.75) is 25.3 Å². The molecule has 0 spiro atoms. The molecule has 2 N–H and O–H groups in total. The lowest BCUT2D eigenvalue weighted by Crippen LogP contribution is -2.54. The number of imide groups is 1. The Kier molecular flexibility index (Phi) is 6.45. The van der Waals surface area contributed by atoms with E-state index in [4.69, 9.17) is 4.42 Å². The topological polar surface area (TPSA) is 115 Å². The van der Waals surface area contributed by atoms with Crippen LogP contribution >= 0.6 is 0 Å². The van der Waals surface area contributed by atoms with E-state index in [2.05, 4.69) is 10.7 Å². The lowest BCUT2D eigenvalue weighted by Gasteiger charge is -2.34. The Balaban J connectivity index is 1.26. The van der Waals surface area contributed by atoms with Crippen LogP contribution in [0.1, 0.15) is 29.5 Å². The van der Waals surface area contributed by atoms with Gasteiger partial charge in [-0.3, -0.25) is 24.7 Å². The van der Waals surface area contributed by atoms with Crippen molar-refractivity contribution in [1.82, 2.24) is 25.6 Å². The minimum atomic E-state index is -1.09. The number of rotatable bonds is 7. The molecular formula is C23H27N5O5. The first-order chi connectivity index (χ1) is 15.9. The van der Waals surface area contributed by atoms with Crippen molar-refractivity contribution >= 4 is 23.8 Å². The van der Waals surface area contributed by atoms with Gasteiger partial charge in [0, 0.05) is 26.2 Å². The van der Waals surface area contributed by atoms with Crippen LogP contribution < -0.4 is 10.7 Å². The van der Waals surface area contributed by atoms with Gasteiger partial charge in [0.25, 0.3) is 17.7 Å². The van der Waals surface area contributed by atoms with Crippen molar-refractivity contribution in [3.63, 3.8) is 0 Å². The van der Waals surface area contributed by atoms with Crippen LogP contribution in [0, 0.1) is 0 Å². The van der Waals surface area contributed by atoms with E-state index >= 15 is 0 Å². The molecule has 0 radical (unpaired) electrons. The molecule has 4 rings (SSSR count). The fourth-order valence-electron chi connectivity index (χ4n) is 4.02. The molecule has 2 aliphatic heterocycles. The predicted octanol–water partition coefficient (Wildman–Crippen LogP) is 1.01. The molecule has 10 heteroatoms. The molecule has 1 aromatic carbocycles. The van der Waals surface area contributed by atoms with E-state index in [1.54, 1.807) is 24.0 Å². The van der Waals surface area contributed by atoms with Crippen LogP contribution in [-0.2, 0) is 16.0 Å². The number of benzene rings is 1. The maximum atomic E-state index is 12.9. The Bertz CT molecular complexity index is 1020. The lowest BCUT2D eigenvalue weighted by molar-refractivity contribution is -0.139. The number of nitrogens with one attached hydrogen (secondary N) is 2. The molecule has 0 unspecified atom stereocenters. The number of piperazine rings is 1. The van der Waals surface area contributed by atoms with Gasteiger partial charge in [-0.25, -0.2) is 4.79 Å². The average molecular weight is 453 g/mol. The monoisotopic (exact) mass is 453 g/mol. The van der Waals surface area contributed by atoms with Crippen molar-refractivity contribution in [3.8, 4) is 0 Å². The summed E-state index contributed by atoms with van der Waals surface area (Å²) in [6, 6.07) is 12.3. The highest BCUT2D eigenvalue weighted by atomic mass is 16.3. The first kappa shape index (κ1) is 22.5. The van der Waals surface area contributed by atoms with Gasteiger partial charge in [0.15, 0.2) is 5.76 Å². The zero-order chi connectivity index (χ0) is 23.4. The molecule has 10 nitrogen and oxygen atoms in total. The molecular weight excluding hydrogens is 426 g/mol. The number of hydrogen-bond donors (Lipinski definition) is 2. The molecule has 0 bridgehead atoms. The molecule has 0 aliphatic carbocycles. The number of hydrazine groups is 1. The lowest BCUT2D eigenvalue weighted by atomic mass is 9.93. The molecule has 33 heavy (non-hydrogen) atoms. The van der Waals surface area contributed by atoms with Gasteiger partial charge >= 0.3 is 6.03 Å². The van der Waals surface area contributed by atoms with E-state index in [9.17, 15) is 19.2 Å². The second-order valence-electron chi connectivity index (χ2n) is 8.47. The summed E-state index contributed by atoms with van der Waals surface area (Å²) in [7, 11) is 0. The third kappa shape index (κ3) is 5.06. The van der Waals surface area contributed by atoms with Crippen LogP contribution in [0.3, 0.4) is 0 Å². The smallest absolute Gasteiger partial charge is 0.344 e. The SMILES string of the molecule is C[C@@]1(CCc2ccccc2)NC(=O)N(NC(=O)CN2CCN(C(=O)c3ccco3)CC2)C1=O. The van der Waals surface area contributed by atoms with Crippen molar-refractivity contribution in [3.05, 3.63) is 60.1 Å². The molecule has 2 aliphatic rings. The van der Waals surface area contributed by atoms with E-state index in [1.807, 2.05) is 35.2 Å². The number of aryl methyl sites for hydroxylation is 1. The van der Waals surface area contributed by atoms with Gasteiger partial charge in [-0.2, -0.15) is 5.01 Å². The van der Waals surface area contributed by atoms with E-state index in [0.29, 0.717) is 39.0 Å². The van der Waals surface area contributed by atoms with Crippen molar-refractivity contribution in [1.29, 1.82) is 0 Å². The van der Waals surface area contributed by atoms with Gasteiger partial charge < -0.3 is 14.6 Å². The van der Waals surface area contributed by atoms with Crippen LogP contribution in [0.2, 0.25) is 0 Å². The molecule has 1 atom stereocenters. The van der Waals surface area contributed by atoms with E-state index < -0.39 is 23.4 Å². The summed E-state index contributed by atoms with van der Waals surface area (Å²) >= 11 is 0. The number of furan rings is 1. The standard InChI is InChI=1S/C23H27N5O5/c1-23(10-9-17-6-3-2-4-7-17)21(31)28(22(32)24-23)25-19(29)16-26-11-13-27(14-12-26)20(30)18-8-5-15-33-18/h2-8,15H,9-14,16H2,1H3,(H,24,32)(H,25,29)/t23-/m0/s1. The second-order valence-corrected chi connectivity index (χ2v) is 8.47. The molecule has 5 amide bonds. The molecule has 0 saturated carbocycles. The maximum absolute atomic E-state index is 12.9. The second kappa shape index (κ2) is 9.45. The summed E-state index contributed by atoms with van der Waals surface area (Å²) < 4.78 is 5.15. The summed E-state index contributed by atoms with van der Waals surface area (Å²) in [5.74, 6) is -0.837. The molecule has 3 heterocycles. The van der Waals surface area contributed by atoms with Gasteiger partial charge in [-0.05, 0) is 37.5 Å². The first-order valence-corrected chi connectivity index (χ1v) is 10.9. The van der Waals surface area contributed by atoms with E-state index in [1.165, 1.54) is 6.26 Å². The molecule has 2 fully saturated rings. The number of urea groups is 1. The minimum absolute atomic E-state index is 0.0145. The third-order valence-electron chi connectivity index (χ3n) is 6.01. The molecule has 2 saturated heterocycles. The van der Waals surface area contributed by atoms with Gasteiger partial charge in [0.05, 0.1) is 12.8 Å². The molecule has 2 aromatic rings. The average Bonchev–Trinajstić information content (AvgIpc) is 3.42. The highest BCUT2D eigenvalue weighted by molar-refractivity contribution is 6.07. The third-order valence-corrected chi connectivity index (χ3v) is 6.01. The number of carbonyl (C=O) groups excluding carboxylic acids is 4. The zero-order valence-corrected chi connectivity index (χ0v) is 18.5. The summed E-state index contributed by atoms with van der Waals surface area (Å²) in [6.07, 6.45) is 2.49. The fraction of sp³-hybridized carbons (Fsp3) is 0.391. The van der Waals surface area contributed by atoms with E-state index in [0.717, 1.165) is 10.6 Å². The van der Waals surface area contributed by atoms with Crippen molar-refractivity contribution in [2.24, 2.45) is 0 Å². The summed E-state index contributed by atoms with van der Waals surface area (Å²) in [4.78, 5) is 53.7. The Morgan fingerprint density at radius 2 is 1.79 bits per heavy atom. The zero-order valence-electron chi connectivity index (χ0n) is 18.5. The number of hydrogen-bond acceptors (Lipinski definition) is 6. The summed E-state index contributed by atoms with van der Waals surface area (Å²) in [5, 5.41) is 3.46. The Hall–Kier alpha value is -3.66. The van der Waals surface area contributed by atoms with Crippen LogP contribution in [0.15, 0.2) is 53.1 Å². The number of carbonyl (C=O) groups is 4. The summed E-state index contributed by atoms with van der Waals surface area (Å²) in [5.41, 5.74) is 2.41. The van der Waals surface area contributed by atoms with Crippen molar-refractivity contribution < 1.29 is 23.6 Å². The fourth-order valence-corrected chi connectivity index (χ4v) is 4.02. The number of amides is 5. The van der Waals surface area contributed by atoms with Crippen molar-refractivity contribution in [2.75, 3.05) is 32.7 Å². The molecule has 174 valence electrons. The Morgan fingerprint density at radius 1 is 1.06 bits per heavy atom. The number of nitrogens with zero attached hydrogens (tertiary/aromatic N) is 3. The maximum Gasteiger partial charge on any atom is 0.344 e. The minimum Gasteiger partial charge on any atom is -0.459 e. The van der Waals surface area contributed by atoms with Gasteiger partial charge in [-0.15, -0.1) is 0 Å². The van der Waals surface area contributed by atoms with Crippen LogP contribution in [0.4, 0.5) is 4.79 Å². The van der Waals surface area contributed by atoms with Gasteiger partial charge in [-0.1, -0.05) is 30.3 Å². The normalized spacial score (nSPS) is 21.2. The quantitative estimate of drug-likeness (QED) is 0.605. The van der Waals surface area contributed by atoms with E-state index in [-0.39, 0.29) is 18.2 Å². The Labute approximate surface area is 191 Å². The molecule has 1 aromatic heterocycles.